The van der Waals surface area contributed by atoms with Crippen molar-refractivity contribution in [3.05, 3.63) is 95.3 Å². The summed E-state index contributed by atoms with van der Waals surface area (Å²) in [6, 6.07) is 18.3. The van der Waals surface area contributed by atoms with E-state index in [1.54, 1.807) is 55.5 Å². The molecule has 0 aliphatic carbocycles. The number of hydrogen-bond acceptors (Lipinski definition) is 4. The minimum absolute atomic E-state index is 0.0501. The summed E-state index contributed by atoms with van der Waals surface area (Å²) in [6.07, 6.45) is -0.781. The molecule has 3 aromatic rings. The van der Waals surface area contributed by atoms with Crippen LogP contribution in [0.4, 0.5) is 10.1 Å². The Hall–Kier alpha value is -3.80. The SMILES string of the molecule is CC(=O)c1ccc(NC(=O)C(C)Oc2ccc(C(=O)c3ccc(F)cc3)cc2)cc1. The van der Waals surface area contributed by atoms with Crippen molar-refractivity contribution in [2.75, 3.05) is 5.32 Å². The molecule has 5 nitrogen and oxygen atoms in total. The maximum absolute atomic E-state index is 13.0. The number of anilines is 1. The molecule has 0 aliphatic heterocycles. The number of ether oxygens (including phenoxy) is 1. The topological polar surface area (TPSA) is 72.5 Å². The summed E-state index contributed by atoms with van der Waals surface area (Å²) in [5.41, 5.74) is 1.93. The van der Waals surface area contributed by atoms with Gasteiger partial charge in [-0.3, -0.25) is 14.4 Å². The maximum Gasteiger partial charge on any atom is 0.265 e. The van der Waals surface area contributed by atoms with Crippen molar-refractivity contribution < 1.29 is 23.5 Å². The summed E-state index contributed by atoms with van der Waals surface area (Å²) in [5.74, 6) is -0.609. The predicted octanol–water partition coefficient (Wildman–Crippen LogP) is 4.67. The van der Waals surface area contributed by atoms with Crippen molar-refractivity contribution in [3.63, 3.8) is 0 Å². The Bertz CT molecular complexity index is 1060. The van der Waals surface area contributed by atoms with Crippen LogP contribution in [0, 0.1) is 5.82 Å². The van der Waals surface area contributed by atoms with Gasteiger partial charge in [-0.15, -0.1) is 0 Å². The van der Waals surface area contributed by atoms with Crippen LogP contribution < -0.4 is 10.1 Å². The highest BCUT2D eigenvalue weighted by Gasteiger charge is 2.16. The van der Waals surface area contributed by atoms with Crippen molar-refractivity contribution in [3.8, 4) is 5.75 Å². The van der Waals surface area contributed by atoms with E-state index in [4.69, 9.17) is 4.74 Å². The molecule has 1 amide bonds. The van der Waals surface area contributed by atoms with Crippen molar-refractivity contribution in [2.24, 2.45) is 0 Å². The van der Waals surface area contributed by atoms with Crippen LogP contribution >= 0.6 is 0 Å². The van der Waals surface area contributed by atoms with E-state index in [0.29, 0.717) is 28.1 Å². The quantitative estimate of drug-likeness (QED) is 0.580. The van der Waals surface area contributed by atoms with Crippen LogP contribution in [0.1, 0.15) is 40.1 Å². The molecule has 1 N–H and O–H groups in total. The number of nitrogens with one attached hydrogen (secondary N) is 1. The molecule has 0 saturated carbocycles. The number of benzene rings is 3. The van der Waals surface area contributed by atoms with E-state index in [2.05, 4.69) is 5.32 Å². The average molecular weight is 405 g/mol. The third-order valence-electron chi connectivity index (χ3n) is 4.46. The first-order chi connectivity index (χ1) is 14.3. The van der Waals surface area contributed by atoms with Gasteiger partial charge in [-0.1, -0.05) is 0 Å². The monoisotopic (exact) mass is 405 g/mol. The van der Waals surface area contributed by atoms with Gasteiger partial charge in [0, 0.05) is 22.4 Å². The van der Waals surface area contributed by atoms with Gasteiger partial charge in [0.15, 0.2) is 17.7 Å². The second-order valence-electron chi connectivity index (χ2n) is 6.74. The lowest BCUT2D eigenvalue weighted by molar-refractivity contribution is -0.122. The Balaban J connectivity index is 1.60. The number of hydrogen-bond donors (Lipinski definition) is 1. The van der Waals surface area contributed by atoms with E-state index in [1.165, 1.54) is 31.2 Å². The molecule has 3 rings (SSSR count). The minimum Gasteiger partial charge on any atom is -0.481 e. The van der Waals surface area contributed by atoms with E-state index in [1.807, 2.05) is 0 Å². The van der Waals surface area contributed by atoms with Gasteiger partial charge in [-0.05, 0) is 86.6 Å². The van der Waals surface area contributed by atoms with Gasteiger partial charge in [0.05, 0.1) is 0 Å². The average Bonchev–Trinajstić information content (AvgIpc) is 2.74. The van der Waals surface area contributed by atoms with Gasteiger partial charge in [-0.25, -0.2) is 4.39 Å². The van der Waals surface area contributed by atoms with Gasteiger partial charge in [0.1, 0.15) is 11.6 Å². The number of amides is 1. The summed E-state index contributed by atoms with van der Waals surface area (Å²) in [7, 11) is 0. The normalized spacial score (nSPS) is 11.4. The summed E-state index contributed by atoms with van der Waals surface area (Å²) in [5, 5.41) is 2.72. The largest absolute Gasteiger partial charge is 0.481 e. The lowest BCUT2D eigenvalue weighted by Gasteiger charge is -2.15. The van der Waals surface area contributed by atoms with Crippen LogP contribution in [-0.4, -0.2) is 23.6 Å². The summed E-state index contributed by atoms with van der Waals surface area (Å²) in [4.78, 5) is 36.1. The van der Waals surface area contributed by atoms with Crippen LogP contribution in [0.2, 0.25) is 0 Å². The first-order valence-electron chi connectivity index (χ1n) is 9.32. The highest BCUT2D eigenvalue weighted by molar-refractivity contribution is 6.09. The van der Waals surface area contributed by atoms with Crippen LogP contribution in [0.5, 0.6) is 5.75 Å². The molecule has 0 heterocycles. The zero-order chi connectivity index (χ0) is 21.7. The number of carbonyl (C=O) groups is 3. The molecule has 6 heteroatoms. The number of Topliss-reactive ketones (excluding diaryl/α,β-unsaturated/α-hetero) is 1. The fourth-order valence-electron chi connectivity index (χ4n) is 2.74. The third kappa shape index (κ3) is 5.17. The Morgan fingerprint density at radius 1 is 0.800 bits per heavy atom. The smallest absolute Gasteiger partial charge is 0.265 e. The molecule has 1 atom stereocenters. The Morgan fingerprint density at radius 3 is 1.83 bits per heavy atom. The molecule has 0 spiro atoms. The van der Waals surface area contributed by atoms with Crippen LogP contribution in [-0.2, 0) is 4.79 Å². The van der Waals surface area contributed by atoms with E-state index >= 15 is 0 Å². The van der Waals surface area contributed by atoms with E-state index in [9.17, 15) is 18.8 Å². The fourth-order valence-corrected chi connectivity index (χ4v) is 2.74. The van der Waals surface area contributed by atoms with Crippen molar-refractivity contribution in [1.29, 1.82) is 0 Å². The van der Waals surface area contributed by atoms with Gasteiger partial charge in [0.25, 0.3) is 5.91 Å². The lowest BCUT2D eigenvalue weighted by Crippen LogP contribution is -2.30. The fraction of sp³-hybridized carbons (Fsp3) is 0.125. The van der Waals surface area contributed by atoms with Crippen molar-refractivity contribution >= 4 is 23.2 Å². The molecule has 0 bridgehead atoms. The molecule has 3 aromatic carbocycles. The highest BCUT2D eigenvalue weighted by Crippen LogP contribution is 2.18. The van der Waals surface area contributed by atoms with Gasteiger partial charge in [-0.2, -0.15) is 0 Å². The standard InChI is InChI=1S/C24H20FNO4/c1-15(27)17-5-11-21(12-6-17)26-24(29)16(2)30-22-13-7-19(8-14-22)23(28)18-3-9-20(25)10-4-18/h3-14,16H,1-2H3,(H,26,29). The number of carbonyl (C=O) groups excluding carboxylic acids is 3. The molecule has 0 saturated heterocycles. The van der Waals surface area contributed by atoms with Gasteiger partial charge >= 0.3 is 0 Å². The molecule has 0 aromatic heterocycles. The Morgan fingerprint density at radius 2 is 1.30 bits per heavy atom. The molecule has 0 aliphatic rings. The van der Waals surface area contributed by atoms with Crippen molar-refractivity contribution in [2.45, 2.75) is 20.0 Å². The van der Waals surface area contributed by atoms with E-state index < -0.39 is 11.9 Å². The van der Waals surface area contributed by atoms with E-state index in [0.717, 1.165) is 0 Å². The lowest BCUT2D eigenvalue weighted by atomic mass is 10.0. The molecular formula is C24H20FNO4. The molecule has 152 valence electrons. The van der Waals surface area contributed by atoms with Crippen LogP contribution in [0.3, 0.4) is 0 Å². The second kappa shape index (κ2) is 9.13. The first kappa shape index (κ1) is 20.9. The molecule has 30 heavy (non-hydrogen) atoms. The maximum atomic E-state index is 13.0. The summed E-state index contributed by atoms with van der Waals surface area (Å²) < 4.78 is 18.6. The summed E-state index contributed by atoms with van der Waals surface area (Å²) >= 11 is 0. The molecule has 0 fully saturated rings. The zero-order valence-corrected chi connectivity index (χ0v) is 16.5. The Kier molecular flexibility index (Phi) is 6.37. The van der Waals surface area contributed by atoms with Crippen LogP contribution in [0.15, 0.2) is 72.8 Å². The second-order valence-corrected chi connectivity index (χ2v) is 6.74. The van der Waals surface area contributed by atoms with E-state index in [-0.39, 0.29) is 17.5 Å². The highest BCUT2D eigenvalue weighted by atomic mass is 19.1. The van der Waals surface area contributed by atoms with Crippen LogP contribution in [0.25, 0.3) is 0 Å². The molecular weight excluding hydrogens is 385 g/mol. The number of ketones is 2. The predicted molar refractivity (Wildman–Crippen MR) is 111 cm³/mol. The number of halogens is 1. The summed E-state index contributed by atoms with van der Waals surface area (Å²) in [6.45, 7) is 3.08. The van der Waals surface area contributed by atoms with Crippen molar-refractivity contribution in [1.82, 2.24) is 0 Å². The third-order valence-corrected chi connectivity index (χ3v) is 4.46. The molecule has 1 unspecified atom stereocenters. The van der Waals surface area contributed by atoms with Gasteiger partial charge in [0.2, 0.25) is 0 Å². The number of rotatable bonds is 7. The van der Waals surface area contributed by atoms with Gasteiger partial charge < -0.3 is 10.1 Å². The first-order valence-corrected chi connectivity index (χ1v) is 9.32. The zero-order valence-electron chi connectivity index (χ0n) is 16.5. The molecule has 0 radical (unpaired) electrons. The Labute approximate surface area is 173 Å². The minimum atomic E-state index is -0.781.